The van der Waals surface area contributed by atoms with Gasteiger partial charge in [-0.25, -0.2) is 0 Å². The van der Waals surface area contributed by atoms with E-state index >= 15 is 0 Å². The van der Waals surface area contributed by atoms with Gasteiger partial charge < -0.3 is 10.2 Å². The molecular weight excluding hydrogens is 296 g/mol. The maximum atomic E-state index is 10.5. The fourth-order valence-corrected chi connectivity index (χ4v) is 3.99. The van der Waals surface area contributed by atoms with Gasteiger partial charge in [0.15, 0.2) is 0 Å². The lowest BCUT2D eigenvalue weighted by Crippen LogP contribution is -2.27. The zero-order valence-electron chi connectivity index (χ0n) is 16.6. The van der Waals surface area contributed by atoms with E-state index in [0.717, 1.165) is 25.7 Å². The Balaban J connectivity index is 2.48. The van der Waals surface area contributed by atoms with Crippen molar-refractivity contribution in [3.05, 3.63) is 12.2 Å². The van der Waals surface area contributed by atoms with Crippen LogP contribution in [0.5, 0.6) is 0 Å². The normalized spacial score (nSPS) is 26.3. The highest BCUT2D eigenvalue weighted by Gasteiger charge is 2.33. The molecule has 142 valence electrons. The summed E-state index contributed by atoms with van der Waals surface area (Å²) in [5.74, 6) is 0.844. The minimum Gasteiger partial charge on any atom is -0.393 e. The number of aliphatic hydroxyl groups is 2. The molecule has 1 aliphatic rings. The van der Waals surface area contributed by atoms with E-state index in [-0.39, 0.29) is 17.6 Å². The molecule has 0 radical (unpaired) electrons. The molecule has 24 heavy (non-hydrogen) atoms. The third-order valence-corrected chi connectivity index (χ3v) is 6.00. The van der Waals surface area contributed by atoms with Crippen LogP contribution in [-0.4, -0.2) is 22.4 Å². The van der Waals surface area contributed by atoms with E-state index in [2.05, 4.69) is 33.8 Å². The number of hydrogen-bond donors (Lipinski definition) is 2. The Bertz CT molecular complexity index is 348. The Labute approximate surface area is 150 Å². The predicted molar refractivity (Wildman–Crippen MR) is 104 cm³/mol. The molecular formula is C22H42O2. The van der Waals surface area contributed by atoms with Crippen molar-refractivity contribution >= 4 is 0 Å². The molecule has 1 fully saturated rings. The fourth-order valence-electron chi connectivity index (χ4n) is 3.99. The summed E-state index contributed by atoms with van der Waals surface area (Å²) < 4.78 is 0. The summed E-state index contributed by atoms with van der Waals surface area (Å²) in [5, 5.41) is 20.8. The van der Waals surface area contributed by atoms with Crippen molar-refractivity contribution < 1.29 is 10.2 Å². The molecule has 1 aliphatic carbocycles. The van der Waals surface area contributed by atoms with E-state index in [1.54, 1.807) is 0 Å². The minimum atomic E-state index is -0.382. The topological polar surface area (TPSA) is 40.5 Å². The highest BCUT2D eigenvalue weighted by Crippen LogP contribution is 2.37. The number of aliphatic hydroxyl groups excluding tert-OH is 2. The average molecular weight is 339 g/mol. The molecule has 0 spiro atoms. The molecule has 0 saturated heterocycles. The van der Waals surface area contributed by atoms with Crippen LogP contribution in [0, 0.1) is 17.3 Å². The van der Waals surface area contributed by atoms with E-state index in [1.807, 2.05) is 6.08 Å². The first-order chi connectivity index (χ1) is 11.4. The van der Waals surface area contributed by atoms with Crippen molar-refractivity contribution in [3.63, 3.8) is 0 Å². The second kappa shape index (κ2) is 11.3. The van der Waals surface area contributed by atoms with Crippen LogP contribution in [0.15, 0.2) is 12.2 Å². The van der Waals surface area contributed by atoms with Gasteiger partial charge in [0.25, 0.3) is 0 Å². The molecule has 1 saturated carbocycles. The number of allylic oxidation sites excluding steroid dienone is 1. The third-order valence-electron chi connectivity index (χ3n) is 6.00. The van der Waals surface area contributed by atoms with Gasteiger partial charge in [-0.2, -0.15) is 0 Å². The van der Waals surface area contributed by atoms with Crippen molar-refractivity contribution in [2.75, 3.05) is 0 Å². The van der Waals surface area contributed by atoms with Gasteiger partial charge in [0.1, 0.15) is 0 Å². The maximum Gasteiger partial charge on any atom is 0.0771 e. The molecule has 2 heteroatoms. The smallest absolute Gasteiger partial charge is 0.0771 e. The Kier molecular flexibility index (Phi) is 10.2. The minimum absolute atomic E-state index is 0.0562. The summed E-state index contributed by atoms with van der Waals surface area (Å²) in [6.45, 7) is 8.76. The van der Waals surface area contributed by atoms with Crippen LogP contribution in [0.4, 0.5) is 0 Å². The zero-order valence-corrected chi connectivity index (χ0v) is 16.6. The van der Waals surface area contributed by atoms with Crippen LogP contribution in [0.25, 0.3) is 0 Å². The van der Waals surface area contributed by atoms with Crippen LogP contribution >= 0.6 is 0 Å². The summed E-state index contributed by atoms with van der Waals surface area (Å²) in [6.07, 6.45) is 16.7. The lowest BCUT2D eigenvalue weighted by atomic mass is 9.80. The lowest BCUT2D eigenvalue weighted by Gasteiger charge is -2.29. The van der Waals surface area contributed by atoms with Crippen LogP contribution in [-0.2, 0) is 0 Å². The molecule has 0 aromatic carbocycles. The van der Waals surface area contributed by atoms with Crippen molar-refractivity contribution in [1.82, 2.24) is 0 Å². The second-order valence-electron chi connectivity index (χ2n) is 8.60. The van der Waals surface area contributed by atoms with Gasteiger partial charge in [-0.1, -0.05) is 84.8 Å². The molecule has 0 aromatic heterocycles. The Morgan fingerprint density at radius 1 is 1.00 bits per heavy atom. The first-order valence-corrected chi connectivity index (χ1v) is 10.5. The fraction of sp³-hybridized carbons (Fsp3) is 0.909. The van der Waals surface area contributed by atoms with E-state index in [9.17, 15) is 10.2 Å². The summed E-state index contributed by atoms with van der Waals surface area (Å²) >= 11 is 0. The summed E-state index contributed by atoms with van der Waals surface area (Å²) in [6, 6.07) is 0. The largest absolute Gasteiger partial charge is 0.393 e. The second-order valence-corrected chi connectivity index (χ2v) is 8.60. The third kappa shape index (κ3) is 7.27. The SMILES string of the molecule is CCCCCCC[C@H]1[C@@H](O)CC[C@@H]1/C=C/C(O)C(C)(C)CCCC. The van der Waals surface area contributed by atoms with Gasteiger partial charge in [0.2, 0.25) is 0 Å². The van der Waals surface area contributed by atoms with Crippen molar-refractivity contribution in [2.24, 2.45) is 17.3 Å². The van der Waals surface area contributed by atoms with Crippen molar-refractivity contribution in [3.8, 4) is 0 Å². The van der Waals surface area contributed by atoms with E-state index < -0.39 is 0 Å². The molecule has 0 heterocycles. The van der Waals surface area contributed by atoms with Gasteiger partial charge >= 0.3 is 0 Å². The van der Waals surface area contributed by atoms with Gasteiger partial charge in [0, 0.05) is 0 Å². The zero-order chi connectivity index (χ0) is 18.0. The summed E-state index contributed by atoms with van der Waals surface area (Å²) in [5.41, 5.74) is -0.0562. The quantitative estimate of drug-likeness (QED) is 0.345. The monoisotopic (exact) mass is 338 g/mol. The van der Waals surface area contributed by atoms with E-state index in [1.165, 1.54) is 44.9 Å². The van der Waals surface area contributed by atoms with Gasteiger partial charge in [-0.15, -0.1) is 0 Å². The Morgan fingerprint density at radius 3 is 2.33 bits per heavy atom. The van der Waals surface area contributed by atoms with Crippen LogP contribution < -0.4 is 0 Å². The number of rotatable bonds is 12. The molecule has 4 atom stereocenters. The van der Waals surface area contributed by atoms with Crippen molar-refractivity contribution in [2.45, 2.75) is 111 Å². The lowest BCUT2D eigenvalue weighted by molar-refractivity contribution is 0.0803. The van der Waals surface area contributed by atoms with Gasteiger partial charge in [-0.05, 0) is 42.9 Å². The van der Waals surface area contributed by atoms with Gasteiger partial charge in [0.05, 0.1) is 12.2 Å². The van der Waals surface area contributed by atoms with E-state index in [0.29, 0.717) is 11.8 Å². The summed E-state index contributed by atoms with van der Waals surface area (Å²) in [4.78, 5) is 0. The molecule has 0 aromatic rings. The van der Waals surface area contributed by atoms with Crippen LogP contribution in [0.1, 0.15) is 98.3 Å². The average Bonchev–Trinajstić information content (AvgIpc) is 2.90. The molecule has 0 bridgehead atoms. The molecule has 0 aliphatic heterocycles. The van der Waals surface area contributed by atoms with Crippen molar-refractivity contribution in [1.29, 1.82) is 0 Å². The molecule has 1 rings (SSSR count). The molecule has 2 nitrogen and oxygen atoms in total. The predicted octanol–water partition coefficient (Wildman–Crippen LogP) is 5.87. The highest BCUT2D eigenvalue weighted by molar-refractivity contribution is 5.03. The summed E-state index contributed by atoms with van der Waals surface area (Å²) in [7, 11) is 0. The van der Waals surface area contributed by atoms with E-state index in [4.69, 9.17) is 0 Å². The first kappa shape index (κ1) is 21.7. The molecule has 1 unspecified atom stereocenters. The number of hydrogen-bond acceptors (Lipinski definition) is 2. The molecule has 0 amide bonds. The van der Waals surface area contributed by atoms with Gasteiger partial charge in [-0.3, -0.25) is 0 Å². The Hall–Kier alpha value is -0.340. The standard InChI is InChI=1S/C22H42O2/c1-5-7-9-10-11-12-19-18(13-15-20(19)23)14-16-21(24)22(3,4)17-8-6-2/h14,16,18-21,23-24H,5-13,15,17H2,1-4H3/b16-14+/t18-,19-,20+,21?/m1/s1. The highest BCUT2D eigenvalue weighted by atomic mass is 16.3. The first-order valence-electron chi connectivity index (χ1n) is 10.5. The maximum absolute atomic E-state index is 10.5. The van der Waals surface area contributed by atoms with Crippen LogP contribution in [0.3, 0.4) is 0 Å². The number of unbranched alkanes of at least 4 members (excludes halogenated alkanes) is 5. The van der Waals surface area contributed by atoms with Crippen LogP contribution in [0.2, 0.25) is 0 Å². The Morgan fingerprint density at radius 2 is 1.67 bits per heavy atom. The molecule has 2 N–H and O–H groups in total.